The summed E-state index contributed by atoms with van der Waals surface area (Å²) in [6, 6.07) is 14.9. The fourth-order valence-electron chi connectivity index (χ4n) is 2.93. The van der Waals surface area contributed by atoms with Crippen LogP contribution in [-0.4, -0.2) is 36.5 Å². The van der Waals surface area contributed by atoms with Crippen LogP contribution in [0.3, 0.4) is 0 Å². The molecule has 0 saturated carbocycles. The van der Waals surface area contributed by atoms with Crippen LogP contribution in [0.5, 0.6) is 0 Å². The maximum atomic E-state index is 12.3. The number of carbonyl (C=O) groups is 2. The van der Waals surface area contributed by atoms with E-state index >= 15 is 0 Å². The Labute approximate surface area is 141 Å². The number of carbonyl (C=O) groups excluding carboxylic acids is 2. The number of imide groups is 1. The molecule has 24 heavy (non-hydrogen) atoms. The van der Waals surface area contributed by atoms with Gasteiger partial charge < -0.3 is 10.2 Å². The highest BCUT2D eigenvalue weighted by Gasteiger charge is 2.34. The molecule has 0 bridgehead atoms. The summed E-state index contributed by atoms with van der Waals surface area (Å²) in [5.74, 6) is -0.495. The van der Waals surface area contributed by atoms with Crippen molar-refractivity contribution in [1.29, 1.82) is 0 Å². The molecule has 0 fully saturated rings. The zero-order chi connectivity index (χ0) is 17.1. The zero-order valence-electron chi connectivity index (χ0n) is 14.0. The molecule has 0 aromatic heterocycles. The van der Waals surface area contributed by atoms with Crippen LogP contribution in [0.1, 0.15) is 34.6 Å². The van der Waals surface area contributed by atoms with Crippen molar-refractivity contribution < 1.29 is 9.59 Å². The highest BCUT2D eigenvalue weighted by molar-refractivity contribution is 6.21. The molecule has 1 aliphatic rings. The highest BCUT2D eigenvalue weighted by Crippen LogP contribution is 2.23. The number of benzene rings is 2. The quantitative estimate of drug-likeness (QED) is 0.830. The number of hydrogen-bond acceptors (Lipinski definition) is 4. The Hall–Kier alpha value is -2.82. The van der Waals surface area contributed by atoms with Gasteiger partial charge in [-0.25, -0.2) is 0 Å². The lowest BCUT2D eigenvalue weighted by Gasteiger charge is -2.21. The molecule has 0 atom stereocenters. The van der Waals surface area contributed by atoms with E-state index in [1.165, 1.54) is 4.90 Å². The van der Waals surface area contributed by atoms with E-state index in [2.05, 4.69) is 24.1 Å². The SMILES string of the molecule is CCN(CC)c1ccc(NCN2C(=O)c3ccccc3C2=O)cc1. The largest absolute Gasteiger partial charge is 0.372 e. The molecular weight excluding hydrogens is 302 g/mol. The number of hydrogen-bond donors (Lipinski definition) is 1. The summed E-state index contributed by atoms with van der Waals surface area (Å²) < 4.78 is 0. The summed E-state index contributed by atoms with van der Waals surface area (Å²) in [6.07, 6.45) is 0. The average Bonchev–Trinajstić information content (AvgIpc) is 2.87. The van der Waals surface area contributed by atoms with Crippen molar-refractivity contribution in [1.82, 2.24) is 4.90 Å². The topological polar surface area (TPSA) is 52.6 Å². The molecule has 1 N–H and O–H groups in total. The Morgan fingerprint density at radius 1 is 0.875 bits per heavy atom. The fourth-order valence-corrected chi connectivity index (χ4v) is 2.93. The second-order valence-corrected chi connectivity index (χ2v) is 5.64. The summed E-state index contributed by atoms with van der Waals surface area (Å²) in [4.78, 5) is 28.1. The van der Waals surface area contributed by atoms with Crippen LogP contribution in [0.25, 0.3) is 0 Å². The minimum absolute atomic E-state index is 0.164. The van der Waals surface area contributed by atoms with Crippen molar-refractivity contribution in [3.05, 3.63) is 59.7 Å². The Balaban J connectivity index is 1.67. The first-order valence-corrected chi connectivity index (χ1v) is 8.19. The molecule has 2 amide bonds. The smallest absolute Gasteiger partial charge is 0.263 e. The van der Waals surface area contributed by atoms with Gasteiger partial charge in [-0.1, -0.05) is 12.1 Å². The number of fused-ring (bicyclic) bond motifs is 1. The molecule has 0 radical (unpaired) electrons. The molecule has 2 aromatic rings. The molecule has 3 rings (SSSR count). The first-order valence-electron chi connectivity index (χ1n) is 8.19. The summed E-state index contributed by atoms with van der Waals surface area (Å²) in [7, 11) is 0. The van der Waals surface area contributed by atoms with E-state index in [0.29, 0.717) is 11.1 Å². The van der Waals surface area contributed by atoms with E-state index in [1.54, 1.807) is 24.3 Å². The second kappa shape index (κ2) is 6.74. The van der Waals surface area contributed by atoms with E-state index in [0.717, 1.165) is 24.5 Å². The van der Waals surface area contributed by atoms with Crippen LogP contribution in [-0.2, 0) is 0 Å². The van der Waals surface area contributed by atoms with Gasteiger partial charge in [0.15, 0.2) is 0 Å². The van der Waals surface area contributed by atoms with Gasteiger partial charge in [0.05, 0.1) is 17.8 Å². The predicted octanol–water partition coefficient (Wildman–Crippen LogP) is 3.20. The van der Waals surface area contributed by atoms with Crippen molar-refractivity contribution in [2.24, 2.45) is 0 Å². The lowest BCUT2D eigenvalue weighted by Crippen LogP contribution is -2.34. The molecule has 2 aromatic carbocycles. The first kappa shape index (κ1) is 16.1. The molecule has 124 valence electrons. The van der Waals surface area contributed by atoms with E-state index in [-0.39, 0.29) is 18.5 Å². The Kier molecular flexibility index (Phi) is 4.51. The number of anilines is 2. The minimum atomic E-state index is -0.247. The van der Waals surface area contributed by atoms with Gasteiger partial charge in [0, 0.05) is 24.5 Å². The molecule has 5 nitrogen and oxygen atoms in total. The van der Waals surface area contributed by atoms with Gasteiger partial charge >= 0.3 is 0 Å². The lowest BCUT2D eigenvalue weighted by atomic mass is 10.1. The third-order valence-corrected chi connectivity index (χ3v) is 4.32. The molecule has 5 heteroatoms. The third kappa shape index (κ3) is 2.85. The second-order valence-electron chi connectivity index (χ2n) is 5.64. The molecular formula is C19H21N3O2. The van der Waals surface area contributed by atoms with Gasteiger partial charge in [-0.15, -0.1) is 0 Å². The zero-order valence-corrected chi connectivity index (χ0v) is 14.0. The fraction of sp³-hybridized carbons (Fsp3) is 0.263. The highest BCUT2D eigenvalue weighted by atomic mass is 16.2. The monoisotopic (exact) mass is 323 g/mol. The van der Waals surface area contributed by atoms with Crippen LogP contribution in [0, 0.1) is 0 Å². The summed E-state index contributed by atoms with van der Waals surface area (Å²) in [5.41, 5.74) is 2.98. The molecule has 0 saturated heterocycles. The van der Waals surface area contributed by atoms with Crippen molar-refractivity contribution in [2.45, 2.75) is 13.8 Å². The van der Waals surface area contributed by atoms with Crippen LogP contribution in [0.4, 0.5) is 11.4 Å². The summed E-state index contributed by atoms with van der Waals surface area (Å²) >= 11 is 0. The molecule has 0 aliphatic carbocycles. The first-order chi connectivity index (χ1) is 11.7. The predicted molar refractivity (Wildman–Crippen MR) is 95.4 cm³/mol. The number of rotatable bonds is 6. The molecule has 0 spiro atoms. The van der Waals surface area contributed by atoms with E-state index in [4.69, 9.17) is 0 Å². The van der Waals surface area contributed by atoms with Crippen LogP contribution in [0.15, 0.2) is 48.5 Å². The minimum Gasteiger partial charge on any atom is -0.372 e. The van der Waals surface area contributed by atoms with Crippen molar-refractivity contribution in [3.8, 4) is 0 Å². The standard InChI is InChI=1S/C19H21N3O2/c1-3-21(4-2)15-11-9-14(10-12-15)20-13-22-18(23)16-7-5-6-8-17(16)19(22)24/h5-12,20H,3-4,13H2,1-2H3. The van der Waals surface area contributed by atoms with Crippen molar-refractivity contribution in [2.75, 3.05) is 30.0 Å². The van der Waals surface area contributed by atoms with Crippen molar-refractivity contribution >= 4 is 23.2 Å². The van der Waals surface area contributed by atoms with E-state index in [1.807, 2.05) is 24.3 Å². The number of amides is 2. The van der Waals surface area contributed by atoms with Gasteiger partial charge in [-0.3, -0.25) is 14.5 Å². The summed E-state index contributed by atoms with van der Waals surface area (Å²) in [5, 5.41) is 3.15. The average molecular weight is 323 g/mol. The molecule has 1 heterocycles. The van der Waals surface area contributed by atoms with Crippen molar-refractivity contribution in [3.63, 3.8) is 0 Å². The molecule has 0 unspecified atom stereocenters. The van der Waals surface area contributed by atoms with Crippen LogP contribution < -0.4 is 10.2 Å². The Morgan fingerprint density at radius 2 is 1.42 bits per heavy atom. The normalized spacial score (nSPS) is 13.2. The van der Waals surface area contributed by atoms with Gasteiger partial charge in [0.25, 0.3) is 11.8 Å². The number of nitrogens with one attached hydrogen (secondary N) is 1. The molecule has 1 aliphatic heterocycles. The van der Waals surface area contributed by atoms with E-state index < -0.39 is 0 Å². The lowest BCUT2D eigenvalue weighted by molar-refractivity contribution is 0.0666. The van der Waals surface area contributed by atoms with Gasteiger partial charge in [-0.2, -0.15) is 0 Å². The number of nitrogens with zero attached hydrogens (tertiary/aromatic N) is 2. The van der Waals surface area contributed by atoms with Gasteiger partial charge in [0.1, 0.15) is 0 Å². The van der Waals surface area contributed by atoms with Crippen LogP contribution in [0.2, 0.25) is 0 Å². The maximum absolute atomic E-state index is 12.3. The van der Waals surface area contributed by atoms with Gasteiger partial charge in [0.2, 0.25) is 0 Å². The Bertz CT molecular complexity index is 716. The Morgan fingerprint density at radius 3 is 1.92 bits per heavy atom. The van der Waals surface area contributed by atoms with Gasteiger partial charge in [-0.05, 0) is 50.2 Å². The van der Waals surface area contributed by atoms with Crippen LogP contribution >= 0.6 is 0 Å². The summed E-state index contributed by atoms with van der Waals surface area (Å²) in [6.45, 7) is 6.32. The maximum Gasteiger partial charge on any atom is 0.263 e. The third-order valence-electron chi connectivity index (χ3n) is 4.32. The van der Waals surface area contributed by atoms with E-state index in [9.17, 15) is 9.59 Å².